The van der Waals surface area contributed by atoms with E-state index in [1.54, 1.807) is 0 Å². The van der Waals surface area contributed by atoms with Crippen LogP contribution in [0.15, 0.2) is 10.8 Å². The van der Waals surface area contributed by atoms with E-state index in [1.165, 1.54) is 10.8 Å². The summed E-state index contributed by atoms with van der Waals surface area (Å²) in [7, 11) is 0. The second-order valence-corrected chi connectivity index (χ2v) is 8.01. The van der Waals surface area contributed by atoms with Gasteiger partial charge in [-0.15, -0.1) is 11.3 Å². The van der Waals surface area contributed by atoms with Crippen molar-refractivity contribution < 1.29 is 93.6 Å². The lowest BCUT2D eigenvalue weighted by Crippen LogP contribution is -2.75. The van der Waals surface area contributed by atoms with E-state index in [9.17, 15) is 79.4 Å². The molecule has 0 saturated heterocycles. The molecule has 0 spiro atoms. The van der Waals surface area contributed by atoms with Crippen LogP contribution in [0, 0.1) is 0 Å². The van der Waals surface area contributed by atoms with E-state index >= 15 is 0 Å². The molecule has 22 heteroatoms. The van der Waals surface area contributed by atoms with E-state index in [1.807, 2.05) is 0 Å². The average molecular weight is 618 g/mol. The molecule has 0 aliphatic carbocycles. The lowest BCUT2D eigenvalue weighted by atomic mass is 9.89. The minimum Gasteiger partial charge on any atom is -0.485 e. The Kier molecular flexibility index (Phi) is 7.59. The van der Waals surface area contributed by atoms with Crippen LogP contribution in [0.2, 0.25) is 0 Å². The third kappa shape index (κ3) is 4.34. The van der Waals surface area contributed by atoms with Gasteiger partial charge in [0.25, 0.3) is 0 Å². The first-order chi connectivity index (χ1) is 16.7. The summed E-state index contributed by atoms with van der Waals surface area (Å²) in [6.07, 6.45) is -9.48. The lowest BCUT2D eigenvalue weighted by Gasteiger charge is -2.42. The van der Waals surface area contributed by atoms with Crippen molar-refractivity contribution in [3.8, 4) is 11.5 Å². The molecule has 1 aromatic heterocycles. The van der Waals surface area contributed by atoms with Crippen molar-refractivity contribution in [2.24, 2.45) is 0 Å². The summed E-state index contributed by atoms with van der Waals surface area (Å²) >= 11 is 0.945. The van der Waals surface area contributed by atoms with Crippen molar-refractivity contribution in [1.29, 1.82) is 0 Å². The zero-order valence-corrected chi connectivity index (χ0v) is 17.9. The predicted molar refractivity (Wildman–Crippen MR) is 85.9 cm³/mol. The largest absolute Gasteiger partial charge is 0.485 e. The predicted octanol–water partition coefficient (Wildman–Crippen LogP) is 6.44. The summed E-state index contributed by atoms with van der Waals surface area (Å²) in [5, 5.41) is 2.55. The van der Waals surface area contributed by atoms with Crippen molar-refractivity contribution >= 4 is 17.3 Å². The van der Waals surface area contributed by atoms with Crippen molar-refractivity contribution in [3.63, 3.8) is 0 Å². The van der Waals surface area contributed by atoms with Crippen LogP contribution in [0.1, 0.15) is 0 Å². The summed E-state index contributed by atoms with van der Waals surface area (Å²) in [6.45, 7) is -2.23. The highest BCUT2D eigenvalue weighted by molar-refractivity contribution is 7.08. The molecular weight excluding hydrogens is 611 g/mol. The standard InChI is InChI=1S/C16H7F17O4S/c17-9(18,8(34)36-2-5-1-35-6-3-38-4-7(6)37-5)10(19,20)11(21,22)12(23,24)13(25,26)14(27,28)15(29,30)16(31,32)33/h3-5H,1-2H2. The van der Waals surface area contributed by atoms with E-state index in [0.29, 0.717) is 0 Å². The number of esters is 1. The van der Waals surface area contributed by atoms with Crippen LogP contribution >= 0.6 is 11.3 Å². The summed E-state index contributed by atoms with van der Waals surface area (Å²) in [5.74, 6) is -62.4. The number of hydrogen-bond acceptors (Lipinski definition) is 5. The Hall–Kier alpha value is -2.42. The third-order valence-corrected chi connectivity index (χ3v) is 5.39. The molecule has 1 aromatic rings. The number of ether oxygens (including phenoxy) is 3. The maximum Gasteiger partial charge on any atom is 0.460 e. The molecule has 1 aliphatic rings. The van der Waals surface area contributed by atoms with Crippen LogP contribution in [0.3, 0.4) is 0 Å². The van der Waals surface area contributed by atoms with Gasteiger partial charge in [0.1, 0.15) is 13.2 Å². The number of carbonyl (C=O) groups is 1. The number of fused-ring (bicyclic) bond motifs is 1. The zero-order valence-electron chi connectivity index (χ0n) is 17.1. The monoisotopic (exact) mass is 618 g/mol. The van der Waals surface area contributed by atoms with Crippen molar-refractivity contribution in [1.82, 2.24) is 0 Å². The van der Waals surface area contributed by atoms with Crippen LogP contribution < -0.4 is 9.47 Å². The summed E-state index contributed by atoms with van der Waals surface area (Å²) in [6, 6.07) is 0. The summed E-state index contributed by atoms with van der Waals surface area (Å²) < 4.78 is 238. The molecule has 0 saturated carbocycles. The first kappa shape index (κ1) is 31.8. The molecule has 38 heavy (non-hydrogen) atoms. The van der Waals surface area contributed by atoms with Gasteiger partial charge in [0.15, 0.2) is 17.6 Å². The molecule has 1 unspecified atom stereocenters. The SMILES string of the molecule is O=C(OCC1COc2cscc2O1)C(F)(F)C(F)(F)C(F)(F)C(F)(F)C(F)(F)C(F)(F)C(F)(F)C(F)(F)F. The zero-order chi connectivity index (χ0) is 30.0. The Labute approximate surface area is 201 Å². The second kappa shape index (κ2) is 9.07. The highest BCUT2D eigenvalue weighted by Crippen LogP contribution is 2.64. The van der Waals surface area contributed by atoms with Crippen LogP contribution in [0.5, 0.6) is 11.5 Å². The molecule has 2 heterocycles. The minimum atomic E-state index is -8.78. The van der Waals surface area contributed by atoms with Gasteiger partial charge in [0, 0.05) is 10.8 Å². The molecule has 0 N–H and O–H groups in total. The Morgan fingerprint density at radius 2 is 1.13 bits per heavy atom. The number of carbonyl (C=O) groups excluding carboxylic acids is 1. The molecule has 2 rings (SSSR count). The van der Waals surface area contributed by atoms with Crippen LogP contribution in [-0.4, -0.2) is 72.9 Å². The Morgan fingerprint density at radius 3 is 1.61 bits per heavy atom. The Balaban J connectivity index is 2.35. The van der Waals surface area contributed by atoms with E-state index in [2.05, 4.69) is 4.74 Å². The van der Waals surface area contributed by atoms with Gasteiger partial charge >= 0.3 is 53.6 Å². The van der Waals surface area contributed by atoms with Gasteiger partial charge in [-0.25, -0.2) is 4.79 Å². The van der Waals surface area contributed by atoms with Gasteiger partial charge in [0.2, 0.25) is 0 Å². The van der Waals surface area contributed by atoms with Gasteiger partial charge in [-0.1, -0.05) is 0 Å². The first-order valence-corrected chi connectivity index (χ1v) is 9.90. The molecular formula is C16H7F17O4S. The molecule has 0 aromatic carbocycles. The van der Waals surface area contributed by atoms with Gasteiger partial charge in [-0.3, -0.25) is 0 Å². The highest BCUT2D eigenvalue weighted by atomic mass is 32.1. The first-order valence-electron chi connectivity index (χ1n) is 8.96. The van der Waals surface area contributed by atoms with E-state index < -0.39 is 72.9 Å². The maximum absolute atomic E-state index is 13.8. The molecule has 220 valence electrons. The molecule has 4 nitrogen and oxygen atoms in total. The van der Waals surface area contributed by atoms with Crippen molar-refractivity contribution in [2.75, 3.05) is 13.2 Å². The number of hydrogen-bond donors (Lipinski definition) is 0. The normalized spacial score (nSPS) is 18.4. The van der Waals surface area contributed by atoms with E-state index in [4.69, 9.17) is 9.47 Å². The van der Waals surface area contributed by atoms with Crippen LogP contribution in [0.4, 0.5) is 74.6 Å². The minimum absolute atomic E-state index is 0.0603. The van der Waals surface area contributed by atoms with Crippen molar-refractivity contribution in [3.05, 3.63) is 10.8 Å². The molecule has 0 radical (unpaired) electrons. The number of halogens is 17. The van der Waals surface area contributed by atoms with Crippen LogP contribution in [0.25, 0.3) is 0 Å². The number of thiophene rings is 1. The Bertz CT molecular complexity index is 1030. The van der Waals surface area contributed by atoms with Crippen LogP contribution in [-0.2, 0) is 9.53 Å². The van der Waals surface area contributed by atoms with Crippen molar-refractivity contribution in [2.45, 2.75) is 53.7 Å². The average Bonchev–Trinajstić information content (AvgIpc) is 3.23. The van der Waals surface area contributed by atoms with Gasteiger partial charge < -0.3 is 14.2 Å². The third-order valence-electron chi connectivity index (χ3n) is 4.69. The smallest absolute Gasteiger partial charge is 0.460 e. The highest BCUT2D eigenvalue weighted by Gasteiger charge is 2.96. The molecule has 0 bridgehead atoms. The van der Waals surface area contributed by atoms with E-state index in [-0.39, 0.29) is 11.5 Å². The molecule has 1 atom stereocenters. The Morgan fingerprint density at radius 1 is 0.711 bits per heavy atom. The summed E-state index contributed by atoms with van der Waals surface area (Å²) in [5.41, 5.74) is 0. The second-order valence-electron chi connectivity index (χ2n) is 7.27. The van der Waals surface area contributed by atoms with E-state index in [0.717, 1.165) is 11.3 Å². The van der Waals surface area contributed by atoms with Gasteiger partial charge in [-0.2, -0.15) is 74.6 Å². The summed E-state index contributed by atoms with van der Waals surface area (Å²) in [4.78, 5) is 11.3. The molecule has 0 amide bonds. The quantitative estimate of drug-likeness (QED) is 0.236. The fourth-order valence-corrected chi connectivity index (χ4v) is 3.17. The van der Waals surface area contributed by atoms with Gasteiger partial charge in [-0.05, 0) is 0 Å². The topological polar surface area (TPSA) is 44.8 Å². The maximum atomic E-state index is 13.8. The fourth-order valence-electron chi connectivity index (χ4n) is 2.49. The number of alkyl halides is 17. The lowest BCUT2D eigenvalue weighted by molar-refractivity contribution is -0.460. The molecule has 1 aliphatic heterocycles. The number of rotatable bonds is 9. The van der Waals surface area contributed by atoms with Gasteiger partial charge in [0.05, 0.1) is 0 Å². The molecule has 0 fully saturated rings. The fraction of sp³-hybridized carbons (Fsp3) is 0.688.